The first-order chi connectivity index (χ1) is 9.43. The molecule has 114 valence electrons. The highest BCUT2D eigenvalue weighted by Gasteiger charge is 2.26. The maximum atomic E-state index is 12.3. The van der Waals surface area contributed by atoms with Gasteiger partial charge in [-0.1, -0.05) is 13.3 Å². The molecular formula is C13H23N3O4. The Morgan fingerprint density at radius 1 is 1.25 bits per heavy atom. The Balaban J connectivity index is 2.67. The van der Waals surface area contributed by atoms with Crippen molar-refractivity contribution in [2.45, 2.75) is 32.6 Å². The van der Waals surface area contributed by atoms with E-state index in [0.717, 1.165) is 30.6 Å². The van der Waals surface area contributed by atoms with E-state index in [4.69, 9.17) is 10.8 Å². The van der Waals surface area contributed by atoms with E-state index in [0.29, 0.717) is 19.0 Å². The van der Waals surface area contributed by atoms with E-state index in [2.05, 4.69) is 6.92 Å². The smallest absolute Gasteiger partial charge is 0.323 e. The van der Waals surface area contributed by atoms with Gasteiger partial charge >= 0.3 is 12.0 Å². The number of amides is 3. The van der Waals surface area contributed by atoms with Crippen LogP contribution >= 0.6 is 0 Å². The molecule has 7 heteroatoms. The number of aliphatic carboxylic acids is 1. The number of hydrogen-bond donors (Lipinski definition) is 2. The number of primary amides is 1. The molecule has 1 aliphatic heterocycles. The lowest BCUT2D eigenvalue weighted by Crippen LogP contribution is -2.48. The van der Waals surface area contributed by atoms with Gasteiger partial charge in [0.05, 0.1) is 0 Å². The minimum atomic E-state index is -1.15. The van der Waals surface area contributed by atoms with Gasteiger partial charge in [-0.15, -0.1) is 0 Å². The number of carboxylic acid groups (broad SMARTS) is 1. The van der Waals surface area contributed by atoms with Crippen molar-refractivity contribution in [1.29, 1.82) is 0 Å². The monoisotopic (exact) mass is 285 g/mol. The van der Waals surface area contributed by atoms with E-state index < -0.39 is 24.5 Å². The fourth-order valence-corrected chi connectivity index (χ4v) is 2.51. The number of rotatable bonds is 5. The van der Waals surface area contributed by atoms with Crippen molar-refractivity contribution < 1.29 is 19.5 Å². The summed E-state index contributed by atoms with van der Waals surface area (Å²) in [5.41, 5.74) is 5.07. The zero-order valence-electron chi connectivity index (χ0n) is 11.9. The molecule has 1 aliphatic rings. The van der Waals surface area contributed by atoms with Crippen LogP contribution in [0.25, 0.3) is 0 Å². The third kappa shape index (κ3) is 5.07. The van der Waals surface area contributed by atoms with Crippen LogP contribution in [0.2, 0.25) is 0 Å². The van der Waals surface area contributed by atoms with Crippen molar-refractivity contribution in [3.05, 3.63) is 0 Å². The first-order valence-electron chi connectivity index (χ1n) is 6.98. The summed E-state index contributed by atoms with van der Waals surface area (Å²) in [4.78, 5) is 36.7. The summed E-state index contributed by atoms with van der Waals surface area (Å²) in [5, 5.41) is 8.82. The van der Waals surface area contributed by atoms with Crippen LogP contribution in [0.5, 0.6) is 0 Å². The lowest BCUT2D eigenvalue weighted by Gasteiger charge is -2.28. The molecule has 0 aliphatic carbocycles. The first-order valence-corrected chi connectivity index (χ1v) is 6.98. The Morgan fingerprint density at radius 2 is 1.95 bits per heavy atom. The third-order valence-electron chi connectivity index (χ3n) is 3.64. The number of urea groups is 1. The first kappa shape index (κ1) is 16.3. The van der Waals surface area contributed by atoms with Gasteiger partial charge in [0.1, 0.15) is 13.1 Å². The van der Waals surface area contributed by atoms with Crippen LogP contribution in [0.1, 0.15) is 32.6 Å². The molecular weight excluding hydrogens is 262 g/mol. The predicted molar refractivity (Wildman–Crippen MR) is 73.0 cm³/mol. The van der Waals surface area contributed by atoms with Crippen LogP contribution in [0.15, 0.2) is 0 Å². The van der Waals surface area contributed by atoms with Crippen molar-refractivity contribution in [3.63, 3.8) is 0 Å². The topological polar surface area (TPSA) is 104 Å². The zero-order valence-corrected chi connectivity index (χ0v) is 11.9. The summed E-state index contributed by atoms with van der Waals surface area (Å²) in [6.45, 7) is 2.47. The molecule has 0 radical (unpaired) electrons. The Labute approximate surface area is 118 Å². The fraction of sp³-hybridized carbons (Fsp3) is 0.769. The molecule has 0 aromatic rings. The Morgan fingerprint density at radius 3 is 2.50 bits per heavy atom. The van der Waals surface area contributed by atoms with Crippen LogP contribution in [0.4, 0.5) is 4.79 Å². The number of likely N-dealkylation sites (tertiary alicyclic amines) is 1. The average molecular weight is 285 g/mol. The SMILES string of the molecule is CCC1CCCN(C(=O)N(CC(N)=O)CC(=O)O)CC1. The summed E-state index contributed by atoms with van der Waals surface area (Å²) in [5.74, 6) is -1.25. The molecule has 1 saturated heterocycles. The van der Waals surface area contributed by atoms with E-state index in [1.54, 1.807) is 4.90 Å². The van der Waals surface area contributed by atoms with Gasteiger partial charge in [0.25, 0.3) is 0 Å². The second-order valence-corrected chi connectivity index (χ2v) is 5.19. The molecule has 7 nitrogen and oxygen atoms in total. The Bertz CT molecular complexity index is 357. The number of carbonyl (C=O) groups is 3. The van der Waals surface area contributed by atoms with Gasteiger partial charge in [-0.05, 0) is 25.2 Å². The minimum absolute atomic E-state index is 0.362. The van der Waals surface area contributed by atoms with Gasteiger partial charge in [-0.3, -0.25) is 9.59 Å². The van der Waals surface area contributed by atoms with Crippen LogP contribution in [0, 0.1) is 5.92 Å². The van der Waals surface area contributed by atoms with Crippen molar-refractivity contribution in [1.82, 2.24) is 9.80 Å². The van der Waals surface area contributed by atoms with Crippen molar-refractivity contribution in [3.8, 4) is 0 Å². The molecule has 1 atom stereocenters. The van der Waals surface area contributed by atoms with Gasteiger partial charge in [-0.2, -0.15) is 0 Å². The summed E-state index contributed by atoms with van der Waals surface area (Å²) < 4.78 is 0. The summed E-state index contributed by atoms with van der Waals surface area (Å²) in [6, 6.07) is -0.414. The van der Waals surface area contributed by atoms with E-state index in [1.807, 2.05) is 0 Å². The molecule has 3 amide bonds. The van der Waals surface area contributed by atoms with Gasteiger partial charge in [0, 0.05) is 13.1 Å². The number of carbonyl (C=O) groups excluding carboxylic acids is 2. The van der Waals surface area contributed by atoms with Gasteiger partial charge in [0.2, 0.25) is 5.91 Å². The van der Waals surface area contributed by atoms with Crippen molar-refractivity contribution in [2.75, 3.05) is 26.2 Å². The standard InChI is InChI=1S/C13H23N3O4/c1-2-10-4-3-6-15(7-5-10)13(20)16(8-11(14)17)9-12(18)19/h10H,2-9H2,1H3,(H2,14,17)(H,18,19). The minimum Gasteiger partial charge on any atom is -0.480 e. The van der Waals surface area contributed by atoms with Crippen molar-refractivity contribution in [2.24, 2.45) is 11.7 Å². The molecule has 0 saturated carbocycles. The molecule has 0 bridgehead atoms. The van der Waals surface area contributed by atoms with Crippen LogP contribution in [-0.2, 0) is 9.59 Å². The largest absolute Gasteiger partial charge is 0.480 e. The van der Waals surface area contributed by atoms with E-state index >= 15 is 0 Å². The molecule has 1 fully saturated rings. The maximum absolute atomic E-state index is 12.3. The quantitative estimate of drug-likeness (QED) is 0.767. The molecule has 1 unspecified atom stereocenters. The van der Waals surface area contributed by atoms with Crippen molar-refractivity contribution >= 4 is 17.9 Å². The Kier molecular flexibility index (Phi) is 6.27. The average Bonchev–Trinajstić information content (AvgIpc) is 2.61. The lowest BCUT2D eigenvalue weighted by molar-refractivity contribution is -0.138. The normalized spacial score (nSPS) is 19.2. The second-order valence-electron chi connectivity index (χ2n) is 5.19. The fourth-order valence-electron chi connectivity index (χ4n) is 2.51. The van der Waals surface area contributed by atoms with Crippen LogP contribution in [0.3, 0.4) is 0 Å². The maximum Gasteiger partial charge on any atom is 0.323 e. The molecule has 0 aromatic heterocycles. The molecule has 0 spiro atoms. The highest BCUT2D eigenvalue weighted by Crippen LogP contribution is 2.20. The Hall–Kier alpha value is -1.79. The van der Waals surface area contributed by atoms with Gasteiger partial charge in [0.15, 0.2) is 0 Å². The van der Waals surface area contributed by atoms with Gasteiger partial charge in [-0.25, -0.2) is 4.79 Å². The summed E-state index contributed by atoms with van der Waals surface area (Å²) in [7, 11) is 0. The van der Waals surface area contributed by atoms with E-state index in [1.165, 1.54) is 0 Å². The number of nitrogens with zero attached hydrogens (tertiary/aromatic N) is 2. The second kappa shape index (κ2) is 7.72. The third-order valence-corrected chi connectivity index (χ3v) is 3.64. The molecule has 3 N–H and O–H groups in total. The molecule has 20 heavy (non-hydrogen) atoms. The zero-order chi connectivity index (χ0) is 15.1. The molecule has 1 heterocycles. The van der Waals surface area contributed by atoms with E-state index in [-0.39, 0.29) is 6.54 Å². The van der Waals surface area contributed by atoms with Gasteiger partial charge < -0.3 is 20.6 Å². The lowest BCUT2D eigenvalue weighted by atomic mass is 9.98. The van der Waals surface area contributed by atoms with Crippen LogP contribution < -0.4 is 5.73 Å². The van der Waals surface area contributed by atoms with E-state index in [9.17, 15) is 14.4 Å². The summed E-state index contributed by atoms with van der Waals surface area (Å²) in [6.07, 6.45) is 3.98. The number of carboxylic acids is 1. The molecule has 1 rings (SSSR count). The highest BCUT2D eigenvalue weighted by atomic mass is 16.4. The molecule has 0 aromatic carbocycles. The predicted octanol–water partition coefficient (Wildman–Crippen LogP) is 0.490. The van der Waals surface area contributed by atoms with Crippen LogP contribution in [-0.4, -0.2) is 59.0 Å². The number of nitrogens with two attached hydrogens (primary N) is 1. The highest BCUT2D eigenvalue weighted by molar-refractivity contribution is 5.86. The number of hydrogen-bond acceptors (Lipinski definition) is 3. The summed E-state index contributed by atoms with van der Waals surface area (Å²) >= 11 is 0.